The number of ether oxygens (including phenoxy) is 2. The van der Waals surface area contributed by atoms with Crippen molar-refractivity contribution in [1.29, 1.82) is 0 Å². The van der Waals surface area contributed by atoms with Gasteiger partial charge in [-0.1, -0.05) is 0 Å². The highest BCUT2D eigenvalue weighted by Gasteiger charge is 1.94. The van der Waals surface area contributed by atoms with Crippen LogP contribution in [0.1, 0.15) is 11.4 Å². The van der Waals surface area contributed by atoms with E-state index in [2.05, 4.69) is 19.9 Å². The average Bonchev–Trinajstić information content (AvgIpc) is 2.41. The summed E-state index contributed by atoms with van der Waals surface area (Å²) in [4.78, 5) is 15.7. The topological polar surface area (TPSA) is 70.0 Å². The van der Waals surface area contributed by atoms with Crippen molar-refractivity contribution in [2.24, 2.45) is 0 Å². The van der Waals surface area contributed by atoms with Crippen molar-refractivity contribution in [1.82, 2.24) is 19.9 Å². The second kappa shape index (κ2) is 7.16. The molecule has 0 N–H and O–H groups in total. The molecule has 96 valence electrons. The first-order chi connectivity index (χ1) is 8.67. The molecule has 0 amide bonds. The van der Waals surface area contributed by atoms with Gasteiger partial charge in [0.05, 0.1) is 38.0 Å². The molecule has 0 aliphatic heterocycles. The molecule has 0 fully saturated rings. The zero-order valence-corrected chi connectivity index (χ0v) is 10.9. The van der Waals surface area contributed by atoms with Crippen molar-refractivity contribution >= 4 is 0 Å². The van der Waals surface area contributed by atoms with E-state index in [-0.39, 0.29) is 0 Å². The molecular formula is C12H16N4O2. The molecule has 0 bridgehead atoms. The van der Waals surface area contributed by atoms with E-state index < -0.39 is 0 Å². The quantitative estimate of drug-likeness (QED) is 0.803. The van der Waals surface area contributed by atoms with Crippen molar-refractivity contribution in [3.05, 3.63) is 36.2 Å². The first-order valence-corrected chi connectivity index (χ1v) is 5.31. The number of hydrogen-bond acceptors (Lipinski definition) is 6. The van der Waals surface area contributed by atoms with Crippen LogP contribution < -0.4 is 9.47 Å². The van der Waals surface area contributed by atoms with Gasteiger partial charge in [0, 0.05) is 12.4 Å². The highest BCUT2D eigenvalue weighted by molar-refractivity contribution is 5.14. The van der Waals surface area contributed by atoms with Gasteiger partial charge in [-0.05, 0) is 13.8 Å². The molecular weight excluding hydrogens is 232 g/mol. The lowest BCUT2D eigenvalue weighted by Gasteiger charge is -1.98. The van der Waals surface area contributed by atoms with Crippen LogP contribution in [0.25, 0.3) is 0 Å². The van der Waals surface area contributed by atoms with Gasteiger partial charge in [-0.25, -0.2) is 9.97 Å². The Morgan fingerprint density at radius 2 is 1.56 bits per heavy atom. The number of hydrogen-bond donors (Lipinski definition) is 0. The molecule has 0 saturated heterocycles. The Morgan fingerprint density at radius 1 is 0.833 bits per heavy atom. The van der Waals surface area contributed by atoms with E-state index in [4.69, 9.17) is 9.47 Å². The van der Waals surface area contributed by atoms with Gasteiger partial charge in [0.25, 0.3) is 0 Å². The Hall–Kier alpha value is -2.24. The molecule has 2 rings (SSSR count). The summed E-state index contributed by atoms with van der Waals surface area (Å²) < 4.78 is 9.67. The van der Waals surface area contributed by atoms with E-state index in [9.17, 15) is 0 Å². The van der Waals surface area contributed by atoms with E-state index in [1.807, 2.05) is 13.8 Å². The maximum Gasteiger partial charge on any atom is 0.235 e. The normalized spacial score (nSPS) is 9.11. The molecule has 2 heterocycles. The maximum atomic E-state index is 4.87. The van der Waals surface area contributed by atoms with Gasteiger partial charge in [-0.2, -0.15) is 0 Å². The number of nitrogens with zero attached hydrogens (tertiary/aromatic N) is 4. The summed E-state index contributed by atoms with van der Waals surface area (Å²) in [5, 5.41) is 0. The van der Waals surface area contributed by atoms with Gasteiger partial charge in [0.2, 0.25) is 11.8 Å². The Bertz CT molecular complexity index is 474. The summed E-state index contributed by atoms with van der Waals surface area (Å²) >= 11 is 0. The lowest BCUT2D eigenvalue weighted by Crippen LogP contribution is -1.91. The fourth-order valence-electron chi connectivity index (χ4n) is 1.08. The van der Waals surface area contributed by atoms with Gasteiger partial charge in [-0.15, -0.1) is 0 Å². The minimum absolute atomic E-state index is 0.556. The summed E-state index contributed by atoms with van der Waals surface area (Å²) in [5.74, 6) is 1.15. The molecule has 0 aliphatic carbocycles. The maximum absolute atomic E-state index is 4.87. The van der Waals surface area contributed by atoms with Crippen LogP contribution in [-0.4, -0.2) is 34.2 Å². The van der Waals surface area contributed by atoms with Crippen molar-refractivity contribution in [2.45, 2.75) is 13.8 Å². The van der Waals surface area contributed by atoms with E-state index in [0.29, 0.717) is 11.8 Å². The summed E-state index contributed by atoms with van der Waals surface area (Å²) in [6.45, 7) is 3.73. The van der Waals surface area contributed by atoms with Crippen LogP contribution in [0, 0.1) is 13.8 Å². The van der Waals surface area contributed by atoms with Crippen LogP contribution >= 0.6 is 0 Å². The summed E-state index contributed by atoms with van der Waals surface area (Å²) in [6, 6.07) is 0. The van der Waals surface area contributed by atoms with Crippen molar-refractivity contribution in [3.63, 3.8) is 0 Å². The van der Waals surface area contributed by atoms with Gasteiger partial charge < -0.3 is 9.47 Å². The molecule has 0 unspecified atom stereocenters. The van der Waals surface area contributed by atoms with Crippen LogP contribution in [0.3, 0.4) is 0 Å². The van der Waals surface area contributed by atoms with Crippen LogP contribution in [0.15, 0.2) is 24.8 Å². The van der Waals surface area contributed by atoms with Crippen molar-refractivity contribution < 1.29 is 9.47 Å². The number of methoxy groups -OCH3 is 2. The molecule has 0 atom stereocenters. The third-order valence-electron chi connectivity index (χ3n) is 2.00. The molecule has 0 aromatic carbocycles. The largest absolute Gasteiger partial charge is 0.480 e. The lowest BCUT2D eigenvalue weighted by atomic mass is 10.5. The van der Waals surface area contributed by atoms with Gasteiger partial charge in [0.15, 0.2) is 0 Å². The number of aromatic nitrogens is 4. The molecule has 0 aliphatic rings. The van der Waals surface area contributed by atoms with Gasteiger partial charge in [-0.3, -0.25) is 9.97 Å². The molecule has 6 heteroatoms. The van der Waals surface area contributed by atoms with Gasteiger partial charge >= 0.3 is 0 Å². The number of rotatable bonds is 2. The van der Waals surface area contributed by atoms with E-state index in [1.165, 1.54) is 0 Å². The van der Waals surface area contributed by atoms with Crippen LogP contribution in [0.2, 0.25) is 0 Å². The van der Waals surface area contributed by atoms with E-state index in [1.54, 1.807) is 39.0 Å². The molecule has 6 nitrogen and oxygen atoms in total. The second-order valence-corrected chi connectivity index (χ2v) is 3.35. The van der Waals surface area contributed by atoms with Gasteiger partial charge in [0.1, 0.15) is 0 Å². The minimum Gasteiger partial charge on any atom is -0.480 e. The molecule has 2 aromatic rings. The van der Waals surface area contributed by atoms with E-state index in [0.717, 1.165) is 11.4 Å². The first kappa shape index (κ1) is 13.8. The molecule has 0 saturated carbocycles. The fourth-order valence-corrected chi connectivity index (χ4v) is 1.08. The van der Waals surface area contributed by atoms with Crippen molar-refractivity contribution in [3.8, 4) is 11.8 Å². The summed E-state index contributed by atoms with van der Waals surface area (Å²) in [6.07, 6.45) is 6.50. The Labute approximate surface area is 106 Å². The first-order valence-electron chi connectivity index (χ1n) is 5.31. The molecule has 18 heavy (non-hydrogen) atoms. The SMILES string of the molecule is COc1cnc(C)cn1.COc1nccnc1C. The molecule has 0 spiro atoms. The predicted octanol–water partition coefficient (Wildman–Crippen LogP) is 1.59. The number of aryl methyl sites for hydroxylation is 2. The second-order valence-electron chi connectivity index (χ2n) is 3.35. The summed E-state index contributed by atoms with van der Waals surface area (Å²) in [7, 11) is 3.15. The molecule has 2 aromatic heterocycles. The third-order valence-corrected chi connectivity index (χ3v) is 2.00. The Morgan fingerprint density at radius 3 is 2.00 bits per heavy atom. The third kappa shape index (κ3) is 4.32. The van der Waals surface area contributed by atoms with Crippen LogP contribution in [-0.2, 0) is 0 Å². The standard InChI is InChI=1S/2C6H8N2O/c1-5-3-8-6(9-2)4-7-5;1-5-6(9-2)8-4-3-7-5/h2*3-4H,1-2H3. The fraction of sp³-hybridized carbons (Fsp3) is 0.333. The monoisotopic (exact) mass is 248 g/mol. The van der Waals surface area contributed by atoms with Crippen LogP contribution in [0.4, 0.5) is 0 Å². The summed E-state index contributed by atoms with van der Waals surface area (Å²) in [5.41, 5.74) is 1.72. The zero-order chi connectivity index (χ0) is 13.4. The smallest absolute Gasteiger partial charge is 0.235 e. The zero-order valence-electron chi connectivity index (χ0n) is 10.9. The van der Waals surface area contributed by atoms with Crippen LogP contribution in [0.5, 0.6) is 11.8 Å². The molecule has 0 radical (unpaired) electrons. The Balaban J connectivity index is 0.000000180. The average molecular weight is 248 g/mol. The minimum atomic E-state index is 0.556. The van der Waals surface area contributed by atoms with E-state index >= 15 is 0 Å². The highest BCUT2D eigenvalue weighted by atomic mass is 16.5. The predicted molar refractivity (Wildman–Crippen MR) is 66.6 cm³/mol. The Kier molecular flexibility index (Phi) is 5.50. The highest BCUT2D eigenvalue weighted by Crippen LogP contribution is 2.06. The van der Waals surface area contributed by atoms with Crippen molar-refractivity contribution in [2.75, 3.05) is 14.2 Å². The lowest BCUT2D eigenvalue weighted by molar-refractivity contribution is 0.391.